The van der Waals surface area contributed by atoms with Crippen LogP contribution in [-0.2, 0) is 52.5 Å². The largest absolute Gasteiger partial charge is 0.478 e. The van der Waals surface area contributed by atoms with Crippen molar-refractivity contribution < 1.29 is 61.9 Å². The van der Waals surface area contributed by atoms with Gasteiger partial charge in [-0.25, -0.2) is 9.18 Å². The van der Waals surface area contributed by atoms with Crippen LogP contribution in [0.5, 0.6) is 0 Å². The highest BCUT2D eigenvalue weighted by Crippen LogP contribution is 2.41. The molecule has 0 bridgehead atoms. The number of aliphatic carboxylic acids is 1. The van der Waals surface area contributed by atoms with E-state index >= 15 is 4.39 Å². The fraction of sp³-hybridized carbons (Fsp3) is 0.619. The molecule has 1 aliphatic rings. The molecule has 0 aliphatic carbocycles. The lowest BCUT2D eigenvalue weighted by Gasteiger charge is -2.48. The fourth-order valence-electron chi connectivity index (χ4n) is 3.33. The van der Waals surface area contributed by atoms with Crippen molar-refractivity contribution in [3.05, 3.63) is 0 Å². The van der Waals surface area contributed by atoms with E-state index in [1.807, 2.05) is 0 Å². The van der Waals surface area contributed by atoms with Crippen LogP contribution in [0.15, 0.2) is 0 Å². The lowest BCUT2D eigenvalue weighted by Crippen LogP contribution is -2.72. The van der Waals surface area contributed by atoms with Crippen LogP contribution in [0.4, 0.5) is 4.39 Å². The second-order valence-electron chi connectivity index (χ2n) is 7.51. The van der Waals surface area contributed by atoms with E-state index < -0.39 is 89.0 Å². The van der Waals surface area contributed by atoms with Crippen molar-refractivity contribution in [2.45, 2.75) is 74.4 Å². The third kappa shape index (κ3) is 8.29. The molecule has 15 heteroatoms. The van der Waals surface area contributed by atoms with Gasteiger partial charge < -0.3 is 34.1 Å². The molecule has 1 saturated heterocycles. The summed E-state index contributed by atoms with van der Waals surface area (Å²) in [7, 11) is 0. The van der Waals surface area contributed by atoms with Gasteiger partial charge in [0.25, 0.3) is 3.61 Å². The Hall–Kier alpha value is -3.00. The summed E-state index contributed by atoms with van der Waals surface area (Å²) in [4.78, 5) is 71.2. The highest BCUT2D eigenvalue weighted by Gasteiger charge is 2.63. The van der Waals surface area contributed by atoms with Gasteiger partial charge in [-0.1, -0.05) is 5.92 Å². The number of carboxylic acid groups (broad SMARTS) is 1. The third-order valence-electron chi connectivity index (χ3n) is 4.60. The summed E-state index contributed by atoms with van der Waals surface area (Å²) in [6, 6.07) is -1.70. The van der Waals surface area contributed by atoms with Gasteiger partial charge in [0.05, 0.1) is 12.5 Å². The summed E-state index contributed by atoms with van der Waals surface area (Å²) in [6.45, 7) is 3.19. The first-order chi connectivity index (χ1) is 16.6. The van der Waals surface area contributed by atoms with Crippen molar-refractivity contribution in [2.24, 2.45) is 0 Å². The molecule has 1 fully saturated rings. The van der Waals surface area contributed by atoms with Gasteiger partial charge in [-0.05, 0) is 22.6 Å². The lowest BCUT2D eigenvalue weighted by atomic mass is 9.88. The fourth-order valence-corrected chi connectivity index (χ4v) is 3.98. The van der Waals surface area contributed by atoms with Crippen molar-refractivity contribution >= 4 is 58.3 Å². The predicted molar refractivity (Wildman–Crippen MR) is 123 cm³/mol. The van der Waals surface area contributed by atoms with Crippen LogP contribution in [0.3, 0.4) is 0 Å². The average Bonchev–Trinajstić information content (AvgIpc) is 2.74. The van der Waals surface area contributed by atoms with Crippen LogP contribution in [0.1, 0.15) is 34.1 Å². The molecule has 13 nitrogen and oxygen atoms in total. The maximum absolute atomic E-state index is 15.5. The minimum absolute atomic E-state index is 0.514. The monoisotopic (exact) mass is 629 g/mol. The number of rotatable bonds is 10. The van der Waals surface area contributed by atoms with Gasteiger partial charge in [0.2, 0.25) is 5.91 Å². The molecule has 0 radical (unpaired) electrons. The molecule has 0 aromatic heterocycles. The zero-order chi connectivity index (χ0) is 27.8. The molecule has 36 heavy (non-hydrogen) atoms. The minimum Gasteiger partial charge on any atom is -0.478 e. The van der Waals surface area contributed by atoms with E-state index in [1.54, 1.807) is 0 Å². The quantitative estimate of drug-likeness (QED) is 0.107. The SMILES string of the molecule is C#CCC(=O)N[C@@H]1C(OC(C)=O)C(F)[C@](I)(C(=O)O)OC1[C@H](OC(C)=O)[C@@H](COC(C)=O)OC(C)=O. The first-order valence-corrected chi connectivity index (χ1v) is 11.3. The Balaban J connectivity index is 3.76. The van der Waals surface area contributed by atoms with Crippen molar-refractivity contribution in [3.63, 3.8) is 0 Å². The molecule has 0 aromatic rings. The number of hydrogen-bond donors (Lipinski definition) is 2. The number of carbonyl (C=O) groups excluding carboxylic acids is 5. The summed E-state index contributed by atoms with van der Waals surface area (Å²) in [5.41, 5.74) is 0. The normalized spacial score (nSPS) is 26.8. The van der Waals surface area contributed by atoms with Crippen molar-refractivity contribution in [1.82, 2.24) is 5.32 Å². The number of amides is 1. The molecule has 1 aliphatic heterocycles. The molecule has 0 aromatic carbocycles. The number of esters is 4. The topological polar surface area (TPSA) is 181 Å². The molecular formula is C21H25FINO12. The number of alkyl halides is 2. The smallest absolute Gasteiger partial charge is 0.349 e. The van der Waals surface area contributed by atoms with Gasteiger partial charge in [0, 0.05) is 27.7 Å². The minimum atomic E-state index is -2.73. The molecule has 3 unspecified atom stereocenters. The van der Waals surface area contributed by atoms with Gasteiger partial charge in [-0.2, -0.15) is 0 Å². The molecule has 1 heterocycles. The molecule has 1 rings (SSSR count). The van der Waals surface area contributed by atoms with E-state index in [0.29, 0.717) is 0 Å². The number of carboxylic acids is 1. The second-order valence-corrected chi connectivity index (χ2v) is 9.11. The molecular weight excluding hydrogens is 604 g/mol. The first kappa shape index (κ1) is 31.0. The molecule has 1 amide bonds. The summed E-state index contributed by atoms with van der Waals surface area (Å²) in [5, 5.41) is 12.0. The highest BCUT2D eigenvalue weighted by molar-refractivity contribution is 14.1. The van der Waals surface area contributed by atoms with Crippen LogP contribution < -0.4 is 5.32 Å². The lowest BCUT2D eigenvalue weighted by molar-refractivity contribution is -0.235. The Kier molecular flexibility index (Phi) is 11.5. The van der Waals surface area contributed by atoms with Crippen molar-refractivity contribution in [1.29, 1.82) is 0 Å². The van der Waals surface area contributed by atoms with E-state index in [1.165, 1.54) is 0 Å². The molecule has 0 saturated carbocycles. The van der Waals surface area contributed by atoms with E-state index in [0.717, 1.165) is 50.3 Å². The summed E-state index contributed by atoms with van der Waals surface area (Å²) < 4.78 is 38.6. The van der Waals surface area contributed by atoms with Gasteiger partial charge in [0.15, 0.2) is 24.5 Å². The van der Waals surface area contributed by atoms with Crippen molar-refractivity contribution in [2.75, 3.05) is 6.61 Å². The predicted octanol–water partition coefficient (Wildman–Crippen LogP) is -0.194. The van der Waals surface area contributed by atoms with Crippen LogP contribution in [0.2, 0.25) is 0 Å². The summed E-state index contributed by atoms with van der Waals surface area (Å²) >= 11 is 1.12. The molecule has 7 atom stereocenters. The number of terminal acetylenes is 1. The highest BCUT2D eigenvalue weighted by atomic mass is 127. The van der Waals surface area contributed by atoms with Crippen LogP contribution in [0, 0.1) is 12.3 Å². The Morgan fingerprint density at radius 1 is 1.08 bits per heavy atom. The number of ether oxygens (including phenoxy) is 5. The first-order valence-electron chi connectivity index (χ1n) is 10.3. The van der Waals surface area contributed by atoms with E-state index in [2.05, 4.69) is 11.2 Å². The van der Waals surface area contributed by atoms with Crippen LogP contribution >= 0.6 is 22.6 Å². The average molecular weight is 629 g/mol. The number of nitrogens with one attached hydrogen (secondary N) is 1. The van der Waals surface area contributed by atoms with Gasteiger partial charge in [-0.3, -0.25) is 24.0 Å². The Morgan fingerprint density at radius 3 is 2.11 bits per heavy atom. The maximum atomic E-state index is 15.5. The Labute approximate surface area is 218 Å². The van der Waals surface area contributed by atoms with E-state index in [9.17, 15) is 33.9 Å². The van der Waals surface area contributed by atoms with Crippen LogP contribution in [-0.4, -0.2) is 87.7 Å². The van der Waals surface area contributed by atoms with Gasteiger partial charge in [-0.15, -0.1) is 6.42 Å². The standard InChI is InChI=1S/C21H25FINO12/c1-6-7-14(29)24-15-17(36-21(23,20(30)31)19(22)18(15)35-12(5)28)16(34-11(4)27)13(33-10(3)26)8-32-9(2)25/h1,13,15-19H,7-8H2,2-5H3,(H,24,29)(H,30,31)/t13-,15+,16-,17?,18?,19?,21-/m1/s1. The molecule has 0 spiro atoms. The zero-order valence-electron chi connectivity index (χ0n) is 19.6. The van der Waals surface area contributed by atoms with Gasteiger partial charge in [0.1, 0.15) is 12.7 Å². The maximum Gasteiger partial charge on any atom is 0.349 e. The zero-order valence-corrected chi connectivity index (χ0v) is 21.8. The van der Waals surface area contributed by atoms with Gasteiger partial charge >= 0.3 is 29.8 Å². The van der Waals surface area contributed by atoms with Crippen molar-refractivity contribution in [3.8, 4) is 12.3 Å². The second kappa shape index (κ2) is 13.3. The number of hydrogen-bond acceptors (Lipinski definition) is 11. The number of halogens is 2. The van der Waals surface area contributed by atoms with E-state index in [-0.39, 0.29) is 0 Å². The number of carbonyl (C=O) groups is 6. The third-order valence-corrected chi connectivity index (χ3v) is 5.91. The van der Waals surface area contributed by atoms with Crippen LogP contribution in [0.25, 0.3) is 0 Å². The Bertz CT molecular complexity index is 936. The molecule has 2 N–H and O–H groups in total. The summed E-state index contributed by atoms with van der Waals surface area (Å²) in [6.07, 6.45) is -5.14. The summed E-state index contributed by atoms with van der Waals surface area (Å²) in [5.74, 6) is -4.42. The molecule has 200 valence electrons. The van der Waals surface area contributed by atoms with E-state index in [4.69, 9.17) is 30.1 Å². The Morgan fingerprint density at radius 2 is 1.67 bits per heavy atom.